The van der Waals surface area contributed by atoms with Crippen molar-refractivity contribution in [2.75, 3.05) is 0 Å². The van der Waals surface area contributed by atoms with Gasteiger partial charge in [-0.05, 0) is 35.9 Å². The second-order valence-corrected chi connectivity index (χ2v) is 6.47. The van der Waals surface area contributed by atoms with E-state index in [1.54, 1.807) is 42.5 Å². The molecule has 3 rings (SSSR count). The molecule has 0 saturated heterocycles. The highest BCUT2D eigenvalue weighted by Gasteiger charge is 2.10. The molecule has 0 atom stereocenters. The molecule has 1 N–H and O–H groups in total. The van der Waals surface area contributed by atoms with Crippen LogP contribution in [-0.4, -0.2) is 26.9 Å². The number of nitrogens with zero attached hydrogens (tertiary/aromatic N) is 4. The lowest BCUT2D eigenvalue weighted by Gasteiger charge is -2.00. The van der Waals surface area contributed by atoms with Gasteiger partial charge in [0, 0.05) is 11.9 Å². The second-order valence-electron chi connectivity index (χ2n) is 5.08. The smallest absolute Gasteiger partial charge is 0.233 e. The summed E-state index contributed by atoms with van der Waals surface area (Å²) in [4.78, 5) is 12.1. The molecule has 25 heavy (non-hydrogen) atoms. The van der Waals surface area contributed by atoms with Crippen LogP contribution in [0.15, 0.2) is 58.7 Å². The minimum absolute atomic E-state index is 0.148. The summed E-state index contributed by atoms with van der Waals surface area (Å²) in [6.07, 6.45) is 1.51. The molecule has 0 fully saturated rings. The van der Waals surface area contributed by atoms with Crippen molar-refractivity contribution in [3.05, 3.63) is 68.9 Å². The van der Waals surface area contributed by atoms with Gasteiger partial charge in [0.1, 0.15) is 5.75 Å². The van der Waals surface area contributed by atoms with Crippen molar-refractivity contribution < 1.29 is 9.90 Å². The van der Waals surface area contributed by atoms with Crippen LogP contribution >= 0.6 is 22.9 Å². The van der Waals surface area contributed by atoms with Gasteiger partial charge in [-0.25, -0.2) is 4.68 Å². The predicted molar refractivity (Wildman–Crippen MR) is 97.7 cm³/mol. The van der Waals surface area contributed by atoms with Crippen LogP contribution in [0.4, 0.5) is 0 Å². The third kappa shape index (κ3) is 4.20. The maximum Gasteiger partial charge on any atom is 0.233 e. The molecule has 3 aromatic rings. The second kappa shape index (κ2) is 7.42. The highest BCUT2D eigenvalue weighted by atomic mass is 35.5. The maximum absolute atomic E-state index is 11.6. The van der Waals surface area contributed by atoms with E-state index in [0.29, 0.717) is 26.1 Å². The van der Waals surface area contributed by atoms with E-state index >= 15 is 0 Å². The molecule has 126 valence electrons. The van der Waals surface area contributed by atoms with Crippen LogP contribution in [0.3, 0.4) is 0 Å². The van der Waals surface area contributed by atoms with Gasteiger partial charge < -0.3 is 5.11 Å². The lowest BCUT2D eigenvalue weighted by atomic mass is 10.2. The quantitative estimate of drug-likeness (QED) is 0.433. The van der Waals surface area contributed by atoms with Crippen molar-refractivity contribution in [1.29, 1.82) is 0 Å². The SMILES string of the molecule is CC(=O)c1nn(-c2cccc(Cl)c2)/c(=N/N=C/c2cccc(O)c2)s1. The molecule has 0 saturated carbocycles. The number of hydrogen-bond acceptors (Lipinski definition) is 6. The molecule has 0 unspecified atom stereocenters. The fraction of sp³-hybridized carbons (Fsp3) is 0.0588. The summed E-state index contributed by atoms with van der Waals surface area (Å²) in [6.45, 7) is 1.45. The molecule has 2 aromatic carbocycles. The summed E-state index contributed by atoms with van der Waals surface area (Å²) in [6, 6.07) is 13.7. The summed E-state index contributed by atoms with van der Waals surface area (Å²) in [7, 11) is 0. The van der Waals surface area contributed by atoms with Crippen molar-refractivity contribution in [3.63, 3.8) is 0 Å². The van der Waals surface area contributed by atoms with E-state index in [1.165, 1.54) is 17.8 Å². The summed E-state index contributed by atoms with van der Waals surface area (Å²) in [5, 5.41) is 22.8. The van der Waals surface area contributed by atoms with Crippen LogP contribution in [0.2, 0.25) is 5.02 Å². The molecule has 8 heteroatoms. The molecule has 0 bridgehead atoms. The fourth-order valence-corrected chi connectivity index (χ4v) is 2.96. The minimum atomic E-state index is -0.154. The van der Waals surface area contributed by atoms with E-state index in [0.717, 1.165) is 11.3 Å². The van der Waals surface area contributed by atoms with Crippen LogP contribution in [0.5, 0.6) is 5.75 Å². The van der Waals surface area contributed by atoms with Gasteiger partial charge in [0.2, 0.25) is 4.80 Å². The van der Waals surface area contributed by atoms with Crippen LogP contribution < -0.4 is 4.80 Å². The number of hydrogen-bond donors (Lipinski definition) is 1. The Balaban J connectivity index is 2.03. The maximum atomic E-state index is 11.6. The molecule has 0 amide bonds. The zero-order valence-corrected chi connectivity index (χ0v) is 14.7. The van der Waals surface area contributed by atoms with Crippen molar-refractivity contribution in [2.45, 2.75) is 6.92 Å². The summed E-state index contributed by atoms with van der Waals surface area (Å²) in [5.41, 5.74) is 1.39. The predicted octanol–water partition coefficient (Wildman–Crippen LogP) is 3.43. The third-order valence-corrected chi connectivity index (χ3v) is 4.37. The Labute approximate surface area is 152 Å². The molecular formula is C17H13ClN4O2S. The molecule has 0 aliphatic rings. The zero-order valence-electron chi connectivity index (χ0n) is 13.1. The number of Topliss-reactive ketones (excluding diaryl/α,β-unsaturated/α-hetero) is 1. The normalized spacial score (nSPS) is 12.0. The van der Waals surface area contributed by atoms with Crippen molar-refractivity contribution >= 4 is 34.9 Å². The number of phenols is 1. The fourth-order valence-electron chi connectivity index (χ4n) is 2.01. The van der Waals surface area contributed by atoms with Gasteiger partial charge in [-0.15, -0.1) is 5.10 Å². The van der Waals surface area contributed by atoms with Gasteiger partial charge in [0.25, 0.3) is 0 Å². The van der Waals surface area contributed by atoms with Crippen LogP contribution in [-0.2, 0) is 0 Å². The van der Waals surface area contributed by atoms with Crippen molar-refractivity contribution in [3.8, 4) is 11.4 Å². The number of phenolic OH excluding ortho intramolecular Hbond substituents is 1. The van der Waals surface area contributed by atoms with E-state index in [1.807, 2.05) is 6.07 Å². The van der Waals surface area contributed by atoms with Gasteiger partial charge in [-0.3, -0.25) is 4.79 Å². The van der Waals surface area contributed by atoms with Crippen molar-refractivity contribution in [1.82, 2.24) is 9.78 Å². The van der Waals surface area contributed by atoms with Crippen molar-refractivity contribution in [2.24, 2.45) is 10.2 Å². The molecule has 0 radical (unpaired) electrons. The number of ketones is 1. The third-order valence-electron chi connectivity index (χ3n) is 3.13. The van der Waals surface area contributed by atoms with Gasteiger partial charge in [0.05, 0.1) is 11.9 Å². The molecule has 0 aliphatic carbocycles. The Morgan fingerprint density at radius 1 is 1.28 bits per heavy atom. The number of rotatable bonds is 4. The molecule has 0 spiro atoms. The number of halogens is 1. The van der Waals surface area contributed by atoms with E-state index in [9.17, 15) is 9.90 Å². The number of aromatic nitrogens is 2. The number of carbonyl (C=O) groups excluding carboxylic acids is 1. The summed E-state index contributed by atoms with van der Waals surface area (Å²) < 4.78 is 1.52. The average molecular weight is 373 g/mol. The molecule has 1 aromatic heterocycles. The Bertz CT molecular complexity index is 1020. The Kier molecular flexibility index (Phi) is 5.06. The first kappa shape index (κ1) is 17.1. The van der Waals surface area contributed by atoms with Crippen LogP contribution in [0.1, 0.15) is 22.3 Å². The average Bonchev–Trinajstić information content (AvgIpc) is 2.99. The van der Waals surface area contributed by atoms with E-state index in [2.05, 4.69) is 15.3 Å². The largest absolute Gasteiger partial charge is 0.508 e. The molecule has 0 aliphatic heterocycles. The van der Waals surface area contributed by atoms with E-state index in [-0.39, 0.29) is 11.5 Å². The monoisotopic (exact) mass is 372 g/mol. The van der Waals surface area contributed by atoms with Crippen LogP contribution in [0, 0.1) is 0 Å². The molecule has 6 nitrogen and oxygen atoms in total. The first-order valence-electron chi connectivity index (χ1n) is 7.26. The number of aromatic hydroxyl groups is 1. The Morgan fingerprint density at radius 2 is 2.08 bits per heavy atom. The Morgan fingerprint density at radius 3 is 2.80 bits per heavy atom. The number of carbonyl (C=O) groups is 1. The standard InChI is InChI=1S/C17H13ClN4O2S/c1-11(23)16-21-22(14-6-3-5-13(18)9-14)17(25-16)20-19-10-12-4-2-7-15(24)8-12/h2-10,24H,1H3/b19-10+,20-17-. The lowest BCUT2D eigenvalue weighted by Crippen LogP contribution is -2.14. The van der Waals surface area contributed by atoms with E-state index < -0.39 is 0 Å². The lowest BCUT2D eigenvalue weighted by molar-refractivity contribution is 0.101. The zero-order chi connectivity index (χ0) is 17.8. The first-order valence-corrected chi connectivity index (χ1v) is 8.45. The molecular weight excluding hydrogens is 360 g/mol. The topological polar surface area (TPSA) is 79.8 Å². The van der Waals surface area contributed by atoms with Gasteiger partial charge in [0.15, 0.2) is 10.8 Å². The summed E-state index contributed by atoms with van der Waals surface area (Å²) >= 11 is 7.16. The van der Waals surface area contributed by atoms with Gasteiger partial charge in [-0.2, -0.15) is 10.2 Å². The molecule has 1 heterocycles. The summed E-state index contributed by atoms with van der Waals surface area (Å²) in [5.74, 6) is -0.00575. The van der Waals surface area contributed by atoms with E-state index in [4.69, 9.17) is 11.6 Å². The minimum Gasteiger partial charge on any atom is -0.508 e. The first-order chi connectivity index (χ1) is 12.0. The van der Waals surface area contributed by atoms with Gasteiger partial charge >= 0.3 is 0 Å². The van der Waals surface area contributed by atoms with Crippen LogP contribution in [0.25, 0.3) is 5.69 Å². The number of benzene rings is 2. The van der Waals surface area contributed by atoms with Gasteiger partial charge in [-0.1, -0.05) is 41.1 Å². The Hall–Kier alpha value is -2.77. The highest BCUT2D eigenvalue weighted by molar-refractivity contribution is 7.10. The highest BCUT2D eigenvalue weighted by Crippen LogP contribution is 2.14.